The van der Waals surface area contributed by atoms with E-state index < -0.39 is 0 Å². The molecule has 1 aromatic carbocycles. The highest BCUT2D eigenvalue weighted by atomic mass is 19.1. The molecule has 0 amide bonds. The van der Waals surface area contributed by atoms with Crippen LogP contribution in [0.3, 0.4) is 0 Å². The standard InChI is InChI=1S/C13H20FN/c1-3-4-11(2)9-15-10-12-5-7-13(14)8-6-12/h5-8,11,15H,3-4,9-10H2,1-2H3/t11-/m0/s1. The maximum atomic E-state index is 12.6. The van der Waals surface area contributed by atoms with Crippen molar-refractivity contribution in [3.8, 4) is 0 Å². The lowest BCUT2D eigenvalue weighted by molar-refractivity contribution is 0.475. The Balaban J connectivity index is 2.22. The molecule has 0 aliphatic carbocycles. The number of hydrogen-bond acceptors (Lipinski definition) is 1. The maximum absolute atomic E-state index is 12.6. The largest absolute Gasteiger partial charge is 0.312 e. The Labute approximate surface area is 91.7 Å². The van der Waals surface area contributed by atoms with Crippen LogP contribution in [0.4, 0.5) is 4.39 Å². The second-order valence-corrected chi connectivity index (χ2v) is 4.15. The summed E-state index contributed by atoms with van der Waals surface area (Å²) in [6, 6.07) is 6.67. The Hall–Kier alpha value is -0.890. The SMILES string of the molecule is CCC[C@H](C)CNCc1ccc(F)cc1. The highest BCUT2D eigenvalue weighted by molar-refractivity contribution is 5.15. The van der Waals surface area contributed by atoms with Crippen molar-refractivity contribution in [3.05, 3.63) is 35.6 Å². The summed E-state index contributed by atoms with van der Waals surface area (Å²) in [5.74, 6) is 0.550. The topological polar surface area (TPSA) is 12.0 Å². The highest BCUT2D eigenvalue weighted by Crippen LogP contribution is 2.05. The van der Waals surface area contributed by atoms with Crippen molar-refractivity contribution in [2.75, 3.05) is 6.54 Å². The predicted molar refractivity (Wildman–Crippen MR) is 62.2 cm³/mol. The molecule has 0 aromatic heterocycles. The van der Waals surface area contributed by atoms with Crippen LogP contribution in [0, 0.1) is 11.7 Å². The van der Waals surface area contributed by atoms with E-state index in [4.69, 9.17) is 0 Å². The van der Waals surface area contributed by atoms with Crippen LogP contribution in [-0.4, -0.2) is 6.54 Å². The van der Waals surface area contributed by atoms with Gasteiger partial charge in [0.2, 0.25) is 0 Å². The molecule has 1 rings (SSSR count). The Morgan fingerprint density at radius 1 is 1.27 bits per heavy atom. The van der Waals surface area contributed by atoms with Crippen molar-refractivity contribution in [1.82, 2.24) is 5.32 Å². The summed E-state index contributed by atoms with van der Waals surface area (Å²) >= 11 is 0. The fraction of sp³-hybridized carbons (Fsp3) is 0.538. The van der Waals surface area contributed by atoms with Crippen molar-refractivity contribution < 1.29 is 4.39 Å². The van der Waals surface area contributed by atoms with Crippen molar-refractivity contribution in [2.45, 2.75) is 33.2 Å². The maximum Gasteiger partial charge on any atom is 0.123 e. The van der Waals surface area contributed by atoms with E-state index in [1.54, 1.807) is 0 Å². The molecule has 0 spiro atoms. The first kappa shape index (κ1) is 12.2. The zero-order valence-corrected chi connectivity index (χ0v) is 9.59. The minimum absolute atomic E-state index is 0.168. The molecular weight excluding hydrogens is 189 g/mol. The minimum atomic E-state index is -0.168. The summed E-state index contributed by atoms with van der Waals surface area (Å²) in [7, 11) is 0. The fourth-order valence-electron chi connectivity index (χ4n) is 1.66. The number of benzene rings is 1. The summed E-state index contributed by atoms with van der Waals surface area (Å²) in [4.78, 5) is 0. The Kier molecular flexibility index (Phi) is 5.33. The molecule has 15 heavy (non-hydrogen) atoms. The second-order valence-electron chi connectivity index (χ2n) is 4.15. The molecule has 0 saturated carbocycles. The molecule has 0 aliphatic heterocycles. The van der Waals surface area contributed by atoms with Crippen molar-refractivity contribution in [3.63, 3.8) is 0 Å². The van der Waals surface area contributed by atoms with E-state index in [2.05, 4.69) is 19.2 Å². The van der Waals surface area contributed by atoms with E-state index in [-0.39, 0.29) is 5.82 Å². The third-order valence-corrected chi connectivity index (χ3v) is 2.52. The first-order valence-corrected chi connectivity index (χ1v) is 5.67. The highest BCUT2D eigenvalue weighted by Gasteiger charge is 1.99. The van der Waals surface area contributed by atoms with Gasteiger partial charge in [0.05, 0.1) is 0 Å². The molecule has 0 bridgehead atoms. The lowest BCUT2D eigenvalue weighted by atomic mass is 10.1. The summed E-state index contributed by atoms with van der Waals surface area (Å²) in [5.41, 5.74) is 1.14. The fourth-order valence-corrected chi connectivity index (χ4v) is 1.66. The molecule has 1 aromatic rings. The summed E-state index contributed by atoms with van der Waals surface area (Å²) in [5, 5.41) is 3.38. The second kappa shape index (κ2) is 6.57. The molecule has 0 fully saturated rings. The smallest absolute Gasteiger partial charge is 0.123 e. The van der Waals surface area contributed by atoms with E-state index in [1.807, 2.05) is 12.1 Å². The molecule has 2 heteroatoms. The van der Waals surface area contributed by atoms with Gasteiger partial charge in [-0.3, -0.25) is 0 Å². The van der Waals surface area contributed by atoms with Gasteiger partial charge >= 0.3 is 0 Å². The van der Waals surface area contributed by atoms with Crippen LogP contribution in [0.2, 0.25) is 0 Å². The number of halogens is 1. The number of rotatable bonds is 6. The predicted octanol–water partition coefficient (Wildman–Crippen LogP) is 3.35. The first-order valence-electron chi connectivity index (χ1n) is 5.67. The van der Waals surface area contributed by atoms with Crippen LogP contribution in [0.1, 0.15) is 32.3 Å². The molecule has 1 nitrogen and oxygen atoms in total. The van der Waals surface area contributed by atoms with Gasteiger partial charge < -0.3 is 5.32 Å². The van der Waals surface area contributed by atoms with E-state index in [0.717, 1.165) is 24.6 Å². The molecule has 84 valence electrons. The lowest BCUT2D eigenvalue weighted by Crippen LogP contribution is -2.20. The molecule has 0 saturated heterocycles. The summed E-state index contributed by atoms with van der Waals surface area (Å²) in [6.45, 7) is 6.32. The van der Waals surface area contributed by atoms with Crippen molar-refractivity contribution >= 4 is 0 Å². The van der Waals surface area contributed by atoms with Crippen LogP contribution in [0.25, 0.3) is 0 Å². The van der Waals surface area contributed by atoms with Crippen LogP contribution in [0.5, 0.6) is 0 Å². The Morgan fingerprint density at radius 2 is 1.93 bits per heavy atom. The first-order chi connectivity index (χ1) is 7.22. The van der Waals surface area contributed by atoms with Gasteiger partial charge in [0, 0.05) is 6.54 Å². The van der Waals surface area contributed by atoms with E-state index in [0.29, 0.717) is 0 Å². The molecule has 0 heterocycles. The third kappa shape index (κ3) is 4.93. The van der Waals surface area contributed by atoms with Gasteiger partial charge in [0.25, 0.3) is 0 Å². The van der Waals surface area contributed by atoms with Gasteiger partial charge in [-0.05, 0) is 36.6 Å². The van der Waals surface area contributed by atoms with Crippen molar-refractivity contribution in [1.29, 1.82) is 0 Å². The van der Waals surface area contributed by atoms with E-state index in [1.165, 1.54) is 25.0 Å². The average Bonchev–Trinajstić information content (AvgIpc) is 2.21. The monoisotopic (exact) mass is 209 g/mol. The van der Waals surface area contributed by atoms with Gasteiger partial charge in [0.15, 0.2) is 0 Å². The average molecular weight is 209 g/mol. The van der Waals surface area contributed by atoms with Crippen LogP contribution < -0.4 is 5.32 Å². The van der Waals surface area contributed by atoms with E-state index >= 15 is 0 Å². The Morgan fingerprint density at radius 3 is 2.53 bits per heavy atom. The van der Waals surface area contributed by atoms with Gasteiger partial charge in [-0.1, -0.05) is 32.4 Å². The van der Waals surface area contributed by atoms with Gasteiger partial charge in [-0.25, -0.2) is 4.39 Å². The quantitative estimate of drug-likeness (QED) is 0.757. The van der Waals surface area contributed by atoms with Crippen LogP contribution >= 0.6 is 0 Å². The number of hydrogen-bond donors (Lipinski definition) is 1. The summed E-state index contributed by atoms with van der Waals surface area (Å²) < 4.78 is 12.6. The molecule has 0 radical (unpaired) electrons. The number of nitrogens with one attached hydrogen (secondary N) is 1. The molecule has 1 atom stereocenters. The van der Waals surface area contributed by atoms with Gasteiger partial charge in [0.1, 0.15) is 5.82 Å². The zero-order chi connectivity index (χ0) is 11.1. The minimum Gasteiger partial charge on any atom is -0.312 e. The van der Waals surface area contributed by atoms with Crippen molar-refractivity contribution in [2.24, 2.45) is 5.92 Å². The molecule has 0 unspecified atom stereocenters. The zero-order valence-electron chi connectivity index (χ0n) is 9.59. The van der Waals surface area contributed by atoms with Crippen LogP contribution in [-0.2, 0) is 6.54 Å². The third-order valence-electron chi connectivity index (χ3n) is 2.52. The normalized spacial score (nSPS) is 12.7. The molecular formula is C13H20FN. The Bertz CT molecular complexity index is 268. The van der Waals surface area contributed by atoms with E-state index in [9.17, 15) is 4.39 Å². The molecule has 0 aliphatic rings. The van der Waals surface area contributed by atoms with Gasteiger partial charge in [-0.15, -0.1) is 0 Å². The van der Waals surface area contributed by atoms with Gasteiger partial charge in [-0.2, -0.15) is 0 Å². The summed E-state index contributed by atoms with van der Waals surface area (Å²) in [6.07, 6.45) is 2.50. The lowest BCUT2D eigenvalue weighted by Gasteiger charge is -2.11. The van der Waals surface area contributed by atoms with Crippen LogP contribution in [0.15, 0.2) is 24.3 Å². The molecule has 1 N–H and O–H groups in total.